The van der Waals surface area contributed by atoms with Gasteiger partial charge in [0.2, 0.25) is 0 Å². The molecule has 0 bridgehead atoms. The lowest BCUT2D eigenvalue weighted by atomic mass is 10.1. The largest absolute Gasteiger partial charge is 0.487 e. The predicted octanol–water partition coefficient (Wildman–Crippen LogP) is 6.30. The maximum absolute atomic E-state index is 12.6. The minimum Gasteiger partial charge on any atom is -0.487 e. The lowest BCUT2D eigenvalue weighted by Gasteiger charge is -2.17. The minimum absolute atomic E-state index is 0. The Morgan fingerprint density at radius 2 is 1.25 bits per heavy atom. The third kappa shape index (κ3) is 8.71. The van der Waals surface area contributed by atoms with Gasteiger partial charge in [-0.2, -0.15) is 0 Å². The van der Waals surface area contributed by atoms with Gasteiger partial charge in [-0.1, -0.05) is 31.2 Å². The van der Waals surface area contributed by atoms with E-state index >= 15 is 0 Å². The monoisotopic (exact) mass is 672 g/mol. The van der Waals surface area contributed by atoms with Crippen LogP contribution in [0.5, 0.6) is 11.5 Å². The highest BCUT2D eigenvalue weighted by Gasteiger charge is 2.24. The molecular weight excluding hydrogens is 632 g/mol. The van der Waals surface area contributed by atoms with Crippen molar-refractivity contribution in [3.8, 4) is 11.5 Å². The van der Waals surface area contributed by atoms with Crippen molar-refractivity contribution in [2.75, 3.05) is 26.2 Å². The fourth-order valence-corrected chi connectivity index (χ4v) is 5.55. The lowest BCUT2D eigenvalue weighted by Crippen LogP contribution is -2.29. The van der Waals surface area contributed by atoms with Crippen molar-refractivity contribution in [1.29, 1.82) is 0 Å². The molecule has 2 saturated heterocycles. The highest BCUT2D eigenvalue weighted by atomic mass is 35.5. The van der Waals surface area contributed by atoms with Crippen LogP contribution in [0.4, 0.5) is 0 Å². The molecule has 0 aliphatic carbocycles. The summed E-state index contributed by atoms with van der Waals surface area (Å²) in [5.41, 5.74) is 4.73. The second-order valence-electron chi connectivity index (χ2n) is 11.3. The van der Waals surface area contributed by atoms with Crippen LogP contribution >= 0.6 is 11.6 Å². The molecule has 2 amide bonds. The summed E-state index contributed by atoms with van der Waals surface area (Å²) in [7, 11) is 0. The SMILES string of the molecule is C.Cc1cncc(OCc2cccnc2C(=O)N2CCCC2)c1C.O=Cc1c(Cl)cncc1OCc1cccnc1C(=O)N1CCCC1. The minimum atomic E-state index is -0.0912. The van der Waals surface area contributed by atoms with Crippen molar-refractivity contribution in [1.82, 2.24) is 29.7 Å². The Balaban J connectivity index is 0.000000212. The number of aromatic nitrogens is 4. The Kier molecular flexibility index (Phi) is 13.0. The number of aldehydes is 1. The summed E-state index contributed by atoms with van der Waals surface area (Å²) in [6, 6.07) is 7.26. The second-order valence-corrected chi connectivity index (χ2v) is 11.7. The number of nitrogens with zero attached hydrogens (tertiary/aromatic N) is 6. The zero-order valence-corrected chi connectivity index (χ0v) is 27.3. The number of aryl methyl sites for hydroxylation is 1. The van der Waals surface area contributed by atoms with Crippen molar-refractivity contribution in [3.63, 3.8) is 0 Å². The van der Waals surface area contributed by atoms with Gasteiger partial charge in [-0.15, -0.1) is 0 Å². The standard InChI is InChI=1S/C18H21N3O2.C17H16ClN3O3.CH4/c1-13-10-19-11-16(14(13)2)23-12-15-6-5-7-20-17(15)18(22)21-8-3-4-9-21;18-14-8-19-9-15(13(14)10-22)24-11-12-4-3-5-20-16(12)17(23)21-6-1-2-7-21;/h5-7,10-11H,3-4,8-9,12H2,1-2H3;3-5,8-10H,1-2,6-7,11H2;1H4. The maximum Gasteiger partial charge on any atom is 0.272 e. The zero-order valence-electron chi connectivity index (χ0n) is 26.5. The predicted molar refractivity (Wildman–Crippen MR) is 182 cm³/mol. The Bertz CT molecular complexity index is 1720. The molecule has 0 N–H and O–H groups in total. The average Bonchev–Trinajstić information content (AvgIpc) is 3.84. The zero-order chi connectivity index (χ0) is 33.2. The van der Waals surface area contributed by atoms with Gasteiger partial charge in [0.05, 0.1) is 23.0 Å². The van der Waals surface area contributed by atoms with Crippen LogP contribution in [0.3, 0.4) is 0 Å². The number of likely N-dealkylation sites (tertiary alicyclic amines) is 2. The molecule has 0 unspecified atom stereocenters. The van der Waals surface area contributed by atoms with Crippen molar-refractivity contribution in [2.24, 2.45) is 0 Å². The molecule has 11 nitrogen and oxygen atoms in total. The first-order chi connectivity index (χ1) is 22.9. The third-order valence-electron chi connectivity index (χ3n) is 8.18. The molecule has 12 heteroatoms. The summed E-state index contributed by atoms with van der Waals surface area (Å²) < 4.78 is 11.5. The van der Waals surface area contributed by atoms with Gasteiger partial charge >= 0.3 is 0 Å². The van der Waals surface area contributed by atoms with E-state index in [1.165, 1.54) is 12.4 Å². The van der Waals surface area contributed by atoms with Crippen molar-refractivity contribution in [3.05, 3.63) is 106 Å². The van der Waals surface area contributed by atoms with Gasteiger partial charge in [-0.05, 0) is 62.8 Å². The number of ether oxygens (including phenoxy) is 2. The maximum atomic E-state index is 12.6. The molecule has 0 aromatic carbocycles. The van der Waals surface area contributed by atoms with Crippen LogP contribution in [-0.4, -0.2) is 74.0 Å². The Morgan fingerprint density at radius 1 is 0.771 bits per heavy atom. The molecule has 2 fully saturated rings. The summed E-state index contributed by atoms with van der Waals surface area (Å²) in [5.74, 6) is 0.932. The third-order valence-corrected chi connectivity index (χ3v) is 8.48. The second kappa shape index (κ2) is 17.3. The number of hydrogen-bond donors (Lipinski definition) is 0. The smallest absolute Gasteiger partial charge is 0.272 e. The van der Waals surface area contributed by atoms with Gasteiger partial charge in [0, 0.05) is 62.1 Å². The first-order valence-corrected chi connectivity index (χ1v) is 16.0. The number of hydrogen-bond acceptors (Lipinski definition) is 9. The Hall–Kier alpha value is -4.90. The van der Waals surface area contributed by atoms with Crippen LogP contribution in [0.25, 0.3) is 0 Å². The molecule has 6 heterocycles. The Morgan fingerprint density at radius 3 is 1.77 bits per heavy atom. The van der Waals surface area contributed by atoms with E-state index in [0.717, 1.165) is 74.3 Å². The van der Waals surface area contributed by atoms with Crippen LogP contribution in [0.15, 0.2) is 61.4 Å². The molecule has 4 aromatic rings. The summed E-state index contributed by atoms with van der Waals surface area (Å²) in [4.78, 5) is 56.6. The summed E-state index contributed by atoms with van der Waals surface area (Å²) in [6.07, 6.45) is 14.4. The van der Waals surface area contributed by atoms with Gasteiger partial charge in [-0.25, -0.2) is 0 Å². The molecule has 2 aliphatic heterocycles. The van der Waals surface area contributed by atoms with Gasteiger partial charge in [0.15, 0.2) is 6.29 Å². The molecule has 48 heavy (non-hydrogen) atoms. The molecule has 252 valence electrons. The van der Waals surface area contributed by atoms with Crippen LogP contribution < -0.4 is 9.47 Å². The van der Waals surface area contributed by atoms with E-state index in [1.807, 2.05) is 37.1 Å². The molecule has 6 rings (SSSR count). The fourth-order valence-electron chi connectivity index (χ4n) is 5.35. The number of pyridine rings is 4. The van der Waals surface area contributed by atoms with E-state index in [0.29, 0.717) is 29.8 Å². The van der Waals surface area contributed by atoms with Crippen LogP contribution in [0.1, 0.15) is 86.7 Å². The van der Waals surface area contributed by atoms with Crippen LogP contribution in [0.2, 0.25) is 5.02 Å². The van der Waals surface area contributed by atoms with Crippen molar-refractivity contribution < 1.29 is 23.9 Å². The van der Waals surface area contributed by atoms with Crippen LogP contribution in [0, 0.1) is 13.8 Å². The first-order valence-electron chi connectivity index (χ1n) is 15.6. The van der Waals surface area contributed by atoms with Gasteiger partial charge < -0.3 is 19.3 Å². The molecule has 0 spiro atoms. The highest BCUT2D eigenvalue weighted by molar-refractivity contribution is 6.33. The van der Waals surface area contributed by atoms with E-state index in [2.05, 4.69) is 19.9 Å². The summed E-state index contributed by atoms with van der Waals surface area (Å²) >= 11 is 5.93. The van der Waals surface area contributed by atoms with Gasteiger partial charge in [0.1, 0.15) is 36.1 Å². The van der Waals surface area contributed by atoms with E-state index < -0.39 is 0 Å². The molecular formula is C36H41ClN6O5. The lowest BCUT2D eigenvalue weighted by molar-refractivity contribution is 0.0776. The number of carbonyl (C=O) groups excluding carboxylic acids is 3. The summed E-state index contributed by atoms with van der Waals surface area (Å²) in [6.45, 7) is 7.56. The van der Waals surface area contributed by atoms with Gasteiger partial charge in [0.25, 0.3) is 11.8 Å². The molecule has 4 aromatic heterocycles. The number of rotatable bonds is 9. The molecule has 0 saturated carbocycles. The molecule has 2 aliphatic rings. The quantitative estimate of drug-likeness (QED) is 0.188. The number of halogens is 1. The highest BCUT2D eigenvalue weighted by Crippen LogP contribution is 2.25. The van der Waals surface area contributed by atoms with E-state index in [1.54, 1.807) is 35.6 Å². The number of amides is 2. The summed E-state index contributed by atoms with van der Waals surface area (Å²) in [5, 5.41) is 0.224. The fraction of sp³-hybridized carbons (Fsp3) is 0.361. The molecule has 0 atom stereocenters. The Labute approximate surface area is 286 Å². The van der Waals surface area contributed by atoms with Crippen molar-refractivity contribution >= 4 is 29.7 Å². The van der Waals surface area contributed by atoms with E-state index in [-0.39, 0.29) is 42.2 Å². The van der Waals surface area contributed by atoms with Gasteiger partial charge in [-0.3, -0.25) is 34.3 Å². The van der Waals surface area contributed by atoms with Crippen LogP contribution in [-0.2, 0) is 13.2 Å². The first kappa shape index (κ1) is 35.9. The topological polar surface area (TPSA) is 128 Å². The normalized spacial score (nSPS) is 13.6. The van der Waals surface area contributed by atoms with Crippen molar-refractivity contribution in [2.45, 2.75) is 60.2 Å². The van der Waals surface area contributed by atoms with E-state index in [9.17, 15) is 14.4 Å². The average molecular weight is 673 g/mol. The number of carbonyl (C=O) groups is 3. The molecule has 0 radical (unpaired) electrons. The van der Waals surface area contributed by atoms with E-state index in [4.69, 9.17) is 21.1 Å².